The van der Waals surface area contributed by atoms with Crippen LogP contribution >= 0.6 is 27.5 Å². The van der Waals surface area contributed by atoms with Gasteiger partial charge in [0.15, 0.2) is 5.69 Å². The summed E-state index contributed by atoms with van der Waals surface area (Å²) >= 11 is 9.47. The van der Waals surface area contributed by atoms with Crippen molar-refractivity contribution in [3.8, 4) is 11.8 Å². The van der Waals surface area contributed by atoms with Gasteiger partial charge < -0.3 is 15.0 Å². The summed E-state index contributed by atoms with van der Waals surface area (Å²) in [5.74, 6) is -0.639. The number of hydrogen-bond donors (Lipinski definition) is 1. The molecule has 0 saturated carbocycles. The zero-order valence-electron chi connectivity index (χ0n) is 10.4. The van der Waals surface area contributed by atoms with Crippen LogP contribution in [0.4, 0.5) is 5.69 Å². The van der Waals surface area contributed by atoms with Crippen molar-refractivity contribution < 1.29 is 9.53 Å². The first-order valence-corrected chi connectivity index (χ1v) is 6.61. The average molecular weight is 355 g/mol. The van der Waals surface area contributed by atoms with E-state index in [0.717, 1.165) is 4.47 Å². The summed E-state index contributed by atoms with van der Waals surface area (Å²) in [4.78, 5) is 11.9. The van der Waals surface area contributed by atoms with E-state index in [1.807, 2.05) is 6.07 Å². The lowest BCUT2D eigenvalue weighted by Gasteiger charge is -2.10. The van der Waals surface area contributed by atoms with E-state index in [-0.39, 0.29) is 16.9 Å². The molecule has 7 heteroatoms. The number of nitrogens with zero attached hydrogens (tertiary/aromatic N) is 2. The SMILES string of the molecule is COC(=O)c1c(N)c(C#N)cn1-c1cc(Br)ccc1Cl. The third-order valence-electron chi connectivity index (χ3n) is 2.71. The molecular formula is C13H9BrClN3O2. The van der Waals surface area contributed by atoms with Gasteiger partial charge in [-0.2, -0.15) is 5.26 Å². The number of hydrogen-bond acceptors (Lipinski definition) is 4. The predicted octanol–water partition coefficient (Wildman–Crippen LogP) is 3.13. The molecule has 0 unspecified atom stereocenters. The van der Waals surface area contributed by atoms with Gasteiger partial charge in [0.05, 0.1) is 29.1 Å². The molecule has 0 aliphatic heterocycles. The predicted molar refractivity (Wildman–Crippen MR) is 78.9 cm³/mol. The standard InChI is InChI=1S/C13H9BrClN3O2/c1-20-13(19)12-11(17)7(5-16)6-18(12)10-4-8(14)2-3-9(10)15/h2-4,6H,17H2,1H3. The molecule has 0 bridgehead atoms. The number of rotatable bonds is 2. The first kappa shape index (κ1) is 14.4. The third-order valence-corrected chi connectivity index (χ3v) is 3.52. The molecule has 1 heterocycles. The second kappa shape index (κ2) is 5.57. The van der Waals surface area contributed by atoms with Gasteiger partial charge in [0, 0.05) is 10.7 Å². The summed E-state index contributed by atoms with van der Waals surface area (Å²) in [5.41, 5.74) is 6.66. The van der Waals surface area contributed by atoms with Crippen LogP contribution in [0.2, 0.25) is 5.02 Å². The van der Waals surface area contributed by atoms with Crippen molar-refractivity contribution in [2.45, 2.75) is 0 Å². The second-order valence-electron chi connectivity index (χ2n) is 3.87. The molecule has 0 saturated heterocycles. The Balaban J connectivity index is 2.77. The van der Waals surface area contributed by atoms with Crippen LogP contribution in [-0.2, 0) is 4.74 Å². The van der Waals surface area contributed by atoms with Gasteiger partial charge in [-0.25, -0.2) is 4.79 Å². The molecule has 0 amide bonds. The molecule has 0 aliphatic carbocycles. The highest BCUT2D eigenvalue weighted by Gasteiger charge is 2.22. The Morgan fingerprint density at radius 3 is 2.85 bits per heavy atom. The van der Waals surface area contributed by atoms with Gasteiger partial charge in [-0.15, -0.1) is 0 Å². The van der Waals surface area contributed by atoms with Gasteiger partial charge in [-0.3, -0.25) is 0 Å². The Bertz CT molecular complexity index is 734. The molecular weight excluding hydrogens is 346 g/mol. The highest BCUT2D eigenvalue weighted by molar-refractivity contribution is 9.10. The van der Waals surface area contributed by atoms with Gasteiger partial charge in [-0.05, 0) is 18.2 Å². The van der Waals surface area contributed by atoms with Gasteiger partial charge >= 0.3 is 5.97 Å². The van der Waals surface area contributed by atoms with E-state index >= 15 is 0 Å². The van der Waals surface area contributed by atoms with Crippen molar-refractivity contribution in [1.82, 2.24) is 4.57 Å². The van der Waals surface area contributed by atoms with Gasteiger partial charge in [0.1, 0.15) is 6.07 Å². The Hall–Kier alpha value is -1.97. The minimum Gasteiger partial charge on any atom is -0.464 e. The monoisotopic (exact) mass is 353 g/mol. The molecule has 2 rings (SSSR count). The lowest BCUT2D eigenvalue weighted by molar-refractivity contribution is 0.0593. The van der Waals surface area contributed by atoms with Crippen LogP contribution in [0, 0.1) is 11.3 Å². The molecule has 2 N–H and O–H groups in total. The van der Waals surface area contributed by atoms with E-state index in [4.69, 9.17) is 27.3 Å². The van der Waals surface area contributed by atoms with Crippen molar-refractivity contribution in [2.24, 2.45) is 0 Å². The smallest absolute Gasteiger partial charge is 0.357 e. The molecule has 0 spiro atoms. The molecule has 0 fully saturated rings. The number of nitrogen functional groups attached to an aromatic ring is 1. The summed E-state index contributed by atoms with van der Waals surface area (Å²) in [6, 6.07) is 7.08. The topological polar surface area (TPSA) is 81.0 Å². The fraction of sp³-hybridized carbons (Fsp3) is 0.0769. The van der Waals surface area contributed by atoms with Gasteiger partial charge in [0.25, 0.3) is 0 Å². The molecule has 1 aromatic carbocycles. The first-order valence-electron chi connectivity index (χ1n) is 5.44. The molecule has 2 aromatic rings. The Morgan fingerprint density at radius 1 is 1.55 bits per heavy atom. The van der Waals surface area contributed by atoms with Crippen molar-refractivity contribution in [3.05, 3.63) is 45.1 Å². The van der Waals surface area contributed by atoms with Crippen molar-refractivity contribution in [1.29, 1.82) is 5.26 Å². The van der Waals surface area contributed by atoms with Crippen LogP contribution in [-0.4, -0.2) is 17.6 Å². The maximum absolute atomic E-state index is 11.9. The minimum absolute atomic E-state index is 0.0652. The van der Waals surface area contributed by atoms with Crippen LogP contribution in [0.1, 0.15) is 16.1 Å². The number of esters is 1. The summed E-state index contributed by atoms with van der Waals surface area (Å²) in [7, 11) is 1.24. The lowest BCUT2D eigenvalue weighted by Crippen LogP contribution is -2.11. The van der Waals surface area contributed by atoms with Gasteiger partial charge in [0.2, 0.25) is 0 Å². The lowest BCUT2D eigenvalue weighted by atomic mass is 10.2. The molecule has 102 valence electrons. The largest absolute Gasteiger partial charge is 0.464 e. The quantitative estimate of drug-likeness (QED) is 0.840. The third kappa shape index (κ3) is 2.38. The number of nitriles is 1. The average Bonchev–Trinajstić information content (AvgIpc) is 2.77. The van der Waals surface area contributed by atoms with E-state index in [1.165, 1.54) is 17.9 Å². The van der Waals surface area contributed by atoms with Crippen molar-refractivity contribution in [2.75, 3.05) is 12.8 Å². The Labute approximate surface area is 128 Å². The van der Waals surface area contributed by atoms with Crippen LogP contribution in [0.25, 0.3) is 5.69 Å². The van der Waals surface area contributed by atoms with Crippen LogP contribution in [0.15, 0.2) is 28.9 Å². The molecule has 1 aromatic heterocycles. The number of nitrogens with two attached hydrogens (primary N) is 1. The zero-order chi connectivity index (χ0) is 14.9. The first-order chi connectivity index (χ1) is 9.49. The Kier molecular flexibility index (Phi) is 4.02. The number of benzene rings is 1. The summed E-state index contributed by atoms with van der Waals surface area (Å²) in [5, 5.41) is 9.46. The number of carbonyl (C=O) groups is 1. The fourth-order valence-corrected chi connectivity index (χ4v) is 2.33. The van der Waals surface area contributed by atoms with Crippen LogP contribution in [0.5, 0.6) is 0 Å². The number of anilines is 1. The van der Waals surface area contributed by atoms with Crippen molar-refractivity contribution >= 4 is 39.2 Å². The normalized spacial score (nSPS) is 10.1. The summed E-state index contributed by atoms with van der Waals surface area (Å²) < 4.78 is 6.93. The van der Waals surface area contributed by atoms with E-state index in [0.29, 0.717) is 10.7 Å². The maximum atomic E-state index is 11.9. The zero-order valence-corrected chi connectivity index (χ0v) is 12.7. The molecule has 0 atom stereocenters. The van der Waals surface area contributed by atoms with Gasteiger partial charge in [-0.1, -0.05) is 27.5 Å². The fourth-order valence-electron chi connectivity index (χ4n) is 1.78. The maximum Gasteiger partial charge on any atom is 0.357 e. The van der Waals surface area contributed by atoms with E-state index in [2.05, 4.69) is 15.9 Å². The van der Waals surface area contributed by atoms with E-state index < -0.39 is 5.97 Å². The van der Waals surface area contributed by atoms with Crippen LogP contribution < -0.4 is 5.73 Å². The number of ether oxygens (including phenoxy) is 1. The Morgan fingerprint density at radius 2 is 2.25 bits per heavy atom. The van der Waals surface area contributed by atoms with Crippen molar-refractivity contribution in [3.63, 3.8) is 0 Å². The number of carbonyl (C=O) groups excluding carboxylic acids is 1. The van der Waals surface area contributed by atoms with E-state index in [1.54, 1.807) is 18.2 Å². The van der Waals surface area contributed by atoms with E-state index in [9.17, 15) is 4.79 Å². The molecule has 0 aliphatic rings. The highest BCUT2D eigenvalue weighted by atomic mass is 79.9. The molecule has 0 radical (unpaired) electrons. The molecule has 20 heavy (non-hydrogen) atoms. The summed E-state index contributed by atoms with van der Waals surface area (Å²) in [6.07, 6.45) is 1.45. The second-order valence-corrected chi connectivity index (χ2v) is 5.20. The molecule has 5 nitrogen and oxygen atoms in total. The number of aromatic nitrogens is 1. The van der Waals surface area contributed by atoms with Crippen LogP contribution in [0.3, 0.4) is 0 Å². The highest BCUT2D eigenvalue weighted by Crippen LogP contribution is 2.30. The number of methoxy groups -OCH3 is 1. The minimum atomic E-state index is -0.639. The summed E-state index contributed by atoms with van der Waals surface area (Å²) in [6.45, 7) is 0. The number of halogens is 2.